The van der Waals surface area contributed by atoms with Gasteiger partial charge in [-0.2, -0.15) is 0 Å². The quantitative estimate of drug-likeness (QED) is 0.510. The molecule has 0 fully saturated rings. The molecule has 0 N–H and O–H groups in total. The molecular weight excluding hydrogens is 228 g/mol. The number of hydrogen-bond acceptors (Lipinski definition) is 0. The zero-order valence-electron chi connectivity index (χ0n) is 14.4. The maximum atomic E-state index is 4.23. The van der Waals surface area contributed by atoms with Crippen LogP contribution in [0.4, 0.5) is 0 Å². The first-order valence-corrected chi connectivity index (χ1v) is 7.12. The van der Waals surface area contributed by atoms with Gasteiger partial charge in [0.1, 0.15) is 0 Å². The van der Waals surface area contributed by atoms with Crippen LogP contribution in [0.5, 0.6) is 0 Å². The summed E-state index contributed by atoms with van der Waals surface area (Å²) < 4.78 is 0. The summed E-state index contributed by atoms with van der Waals surface area (Å²) in [5.41, 5.74) is 5.46. The summed E-state index contributed by atoms with van der Waals surface area (Å²) in [4.78, 5) is 0. The van der Waals surface area contributed by atoms with Crippen molar-refractivity contribution in [1.82, 2.24) is 0 Å². The van der Waals surface area contributed by atoms with E-state index in [4.69, 9.17) is 0 Å². The van der Waals surface area contributed by atoms with Crippen molar-refractivity contribution in [2.24, 2.45) is 10.8 Å². The summed E-state index contributed by atoms with van der Waals surface area (Å²) in [5.74, 6) is 0. The Bertz CT molecular complexity index is 412. The van der Waals surface area contributed by atoms with Gasteiger partial charge < -0.3 is 0 Å². The van der Waals surface area contributed by atoms with Crippen molar-refractivity contribution < 1.29 is 0 Å². The fourth-order valence-corrected chi connectivity index (χ4v) is 1.37. The van der Waals surface area contributed by atoms with Gasteiger partial charge in [0.15, 0.2) is 0 Å². The highest BCUT2D eigenvalue weighted by atomic mass is 14.2. The standard InChI is InChI=1S/C19H32/c1-11-17(13-16(4)19(8,9)10)14(2)12-15(3)18(5,6)7/h11-13H,2H2,1,3-10H3/b15-12+,16-13+,17-11-. The zero-order chi connectivity index (χ0) is 15.4. The first kappa shape index (κ1) is 18.0. The van der Waals surface area contributed by atoms with Gasteiger partial charge in [0.2, 0.25) is 0 Å². The van der Waals surface area contributed by atoms with E-state index in [1.165, 1.54) is 16.7 Å². The van der Waals surface area contributed by atoms with Gasteiger partial charge in [-0.1, -0.05) is 77.5 Å². The molecule has 0 aromatic heterocycles. The number of rotatable bonds is 3. The fraction of sp³-hybridized carbons (Fsp3) is 0.579. The van der Waals surface area contributed by atoms with E-state index in [1.54, 1.807) is 0 Å². The minimum absolute atomic E-state index is 0.199. The molecule has 0 bridgehead atoms. The Balaban J connectivity index is 5.30. The Kier molecular flexibility index (Phi) is 6.06. The molecular formula is C19H32. The maximum Gasteiger partial charge on any atom is -0.0172 e. The zero-order valence-corrected chi connectivity index (χ0v) is 14.4. The van der Waals surface area contributed by atoms with Crippen LogP contribution in [0.25, 0.3) is 0 Å². The molecule has 0 aliphatic carbocycles. The molecule has 0 heteroatoms. The molecule has 0 unspecified atom stereocenters. The Morgan fingerprint density at radius 1 is 0.789 bits per heavy atom. The van der Waals surface area contributed by atoms with E-state index in [0.717, 1.165) is 5.57 Å². The van der Waals surface area contributed by atoms with Gasteiger partial charge in [-0.15, -0.1) is 0 Å². The van der Waals surface area contributed by atoms with Gasteiger partial charge in [0.05, 0.1) is 0 Å². The van der Waals surface area contributed by atoms with Crippen molar-refractivity contribution in [3.05, 3.63) is 47.1 Å². The predicted octanol–water partition coefficient (Wildman–Crippen LogP) is 6.47. The average Bonchev–Trinajstić information content (AvgIpc) is 2.22. The predicted molar refractivity (Wildman–Crippen MR) is 89.3 cm³/mol. The van der Waals surface area contributed by atoms with Crippen LogP contribution < -0.4 is 0 Å². The molecule has 0 atom stereocenters. The van der Waals surface area contributed by atoms with Crippen molar-refractivity contribution in [2.75, 3.05) is 0 Å². The van der Waals surface area contributed by atoms with Gasteiger partial charge in [-0.25, -0.2) is 0 Å². The van der Waals surface area contributed by atoms with Gasteiger partial charge in [0, 0.05) is 0 Å². The molecule has 0 radical (unpaired) electrons. The third kappa shape index (κ3) is 6.09. The molecule has 0 spiro atoms. The lowest BCUT2D eigenvalue weighted by atomic mass is 9.84. The van der Waals surface area contributed by atoms with E-state index < -0.39 is 0 Å². The second-order valence-corrected chi connectivity index (χ2v) is 7.42. The first-order chi connectivity index (χ1) is 8.39. The van der Waals surface area contributed by atoms with Crippen molar-refractivity contribution in [2.45, 2.75) is 62.3 Å². The van der Waals surface area contributed by atoms with Crippen LogP contribution in [0.3, 0.4) is 0 Å². The summed E-state index contributed by atoms with van der Waals surface area (Å²) in [6.07, 6.45) is 6.61. The van der Waals surface area contributed by atoms with Crippen LogP contribution in [0.15, 0.2) is 47.1 Å². The Morgan fingerprint density at radius 3 is 1.47 bits per heavy atom. The molecule has 0 aromatic rings. The topological polar surface area (TPSA) is 0 Å². The summed E-state index contributed by atoms with van der Waals surface area (Å²) >= 11 is 0. The van der Waals surface area contributed by atoms with Gasteiger partial charge >= 0.3 is 0 Å². The van der Waals surface area contributed by atoms with Crippen LogP contribution in [0.2, 0.25) is 0 Å². The molecule has 0 aliphatic rings. The first-order valence-electron chi connectivity index (χ1n) is 7.12. The summed E-state index contributed by atoms with van der Waals surface area (Å²) in [7, 11) is 0. The van der Waals surface area contributed by atoms with Crippen LogP contribution >= 0.6 is 0 Å². The Hall–Kier alpha value is -1.04. The smallest absolute Gasteiger partial charge is 0.0172 e. The fourth-order valence-electron chi connectivity index (χ4n) is 1.37. The normalized spacial score (nSPS) is 15.7. The second-order valence-electron chi connectivity index (χ2n) is 7.42. The van der Waals surface area contributed by atoms with E-state index in [9.17, 15) is 0 Å². The van der Waals surface area contributed by atoms with Gasteiger partial charge in [-0.05, 0) is 42.7 Å². The minimum atomic E-state index is 0.199. The molecule has 0 heterocycles. The van der Waals surface area contributed by atoms with Crippen LogP contribution in [0, 0.1) is 10.8 Å². The second kappa shape index (κ2) is 6.41. The molecule has 0 aliphatic heterocycles. The highest BCUT2D eigenvalue weighted by Gasteiger charge is 2.15. The molecule has 0 amide bonds. The summed E-state index contributed by atoms with van der Waals surface area (Å²) in [5, 5.41) is 0. The molecule has 0 saturated carbocycles. The maximum absolute atomic E-state index is 4.23. The average molecular weight is 260 g/mol. The summed E-state index contributed by atoms with van der Waals surface area (Å²) in [6.45, 7) is 24.1. The van der Waals surface area contributed by atoms with Crippen LogP contribution in [-0.4, -0.2) is 0 Å². The highest BCUT2D eigenvalue weighted by Crippen LogP contribution is 2.29. The molecule has 108 valence electrons. The lowest BCUT2D eigenvalue weighted by molar-refractivity contribution is 0.502. The van der Waals surface area contributed by atoms with E-state index in [2.05, 4.69) is 87.1 Å². The number of allylic oxidation sites excluding steroid dienone is 7. The van der Waals surface area contributed by atoms with E-state index in [1.807, 2.05) is 0 Å². The third-order valence-electron chi connectivity index (χ3n) is 3.81. The molecule has 0 rings (SSSR count). The molecule has 0 saturated heterocycles. The van der Waals surface area contributed by atoms with Crippen LogP contribution in [-0.2, 0) is 0 Å². The number of hydrogen-bond donors (Lipinski definition) is 0. The van der Waals surface area contributed by atoms with Crippen LogP contribution in [0.1, 0.15) is 62.3 Å². The van der Waals surface area contributed by atoms with Crippen molar-refractivity contribution in [3.8, 4) is 0 Å². The highest BCUT2D eigenvalue weighted by molar-refractivity contribution is 5.47. The largest absolute Gasteiger partial charge is 0.0912 e. The van der Waals surface area contributed by atoms with Crippen molar-refractivity contribution in [3.63, 3.8) is 0 Å². The summed E-state index contributed by atoms with van der Waals surface area (Å²) in [6, 6.07) is 0. The molecule has 0 nitrogen and oxygen atoms in total. The van der Waals surface area contributed by atoms with Gasteiger partial charge in [0.25, 0.3) is 0 Å². The minimum Gasteiger partial charge on any atom is -0.0912 e. The lowest BCUT2D eigenvalue weighted by Crippen LogP contribution is -2.08. The molecule has 19 heavy (non-hydrogen) atoms. The Morgan fingerprint density at radius 2 is 1.16 bits per heavy atom. The van der Waals surface area contributed by atoms with E-state index >= 15 is 0 Å². The van der Waals surface area contributed by atoms with Crippen molar-refractivity contribution >= 4 is 0 Å². The monoisotopic (exact) mass is 260 g/mol. The Labute approximate surface area is 121 Å². The lowest BCUT2D eigenvalue weighted by Gasteiger charge is -2.22. The molecule has 0 aromatic carbocycles. The van der Waals surface area contributed by atoms with Gasteiger partial charge in [-0.3, -0.25) is 0 Å². The van der Waals surface area contributed by atoms with E-state index in [-0.39, 0.29) is 10.8 Å². The third-order valence-corrected chi connectivity index (χ3v) is 3.81. The SMILES string of the molecule is C=C(/C=C(\C)C(C)(C)C)C(=C\C)/C=C(\C)C(C)(C)C. The van der Waals surface area contributed by atoms with Crippen molar-refractivity contribution in [1.29, 1.82) is 0 Å². The van der Waals surface area contributed by atoms with E-state index in [0.29, 0.717) is 0 Å².